The lowest BCUT2D eigenvalue weighted by molar-refractivity contribution is -0.141. The fourth-order valence-electron chi connectivity index (χ4n) is 4.76. The first-order valence-corrected chi connectivity index (χ1v) is 12.5. The van der Waals surface area contributed by atoms with Gasteiger partial charge in [0.1, 0.15) is 11.9 Å². The predicted octanol–water partition coefficient (Wildman–Crippen LogP) is 5.46. The van der Waals surface area contributed by atoms with Crippen LogP contribution in [0.3, 0.4) is 0 Å². The number of benzene rings is 3. The number of rotatable bonds is 9. The molecule has 4 rings (SSSR count). The lowest BCUT2D eigenvalue weighted by atomic mass is 9.94. The topological polar surface area (TPSA) is 49.4 Å². The zero-order chi connectivity index (χ0) is 24.5. The van der Waals surface area contributed by atoms with Crippen molar-refractivity contribution in [3.8, 4) is 0 Å². The Hall–Kier alpha value is -3.47. The van der Waals surface area contributed by atoms with E-state index in [2.05, 4.69) is 5.32 Å². The van der Waals surface area contributed by atoms with Gasteiger partial charge < -0.3 is 10.2 Å². The molecule has 0 aromatic heterocycles. The molecular weight excluding hydrogens is 439 g/mol. The maximum atomic E-state index is 13.7. The van der Waals surface area contributed by atoms with E-state index in [1.165, 1.54) is 18.6 Å². The molecule has 0 unspecified atom stereocenters. The van der Waals surface area contributed by atoms with E-state index in [0.717, 1.165) is 42.4 Å². The third kappa shape index (κ3) is 7.25. The molecule has 1 fully saturated rings. The Bertz CT molecular complexity index is 1080. The predicted molar refractivity (Wildman–Crippen MR) is 136 cm³/mol. The number of carbonyl (C=O) groups is 2. The minimum Gasteiger partial charge on any atom is -0.352 e. The van der Waals surface area contributed by atoms with Gasteiger partial charge in [-0.25, -0.2) is 4.39 Å². The van der Waals surface area contributed by atoms with Gasteiger partial charge in [-0.3, -0.25) is 9.59 Å². The summed E-state index contributed by atoms with van der Waals surface area (Å²) < 4.78 is 13.6. The van der Waals surface area contributed by atoms with Crippen LogP contribution in [0.4, 0.5) is 4.39 Å². The molecule has 1 atom stereocenters. The second kappa shape index (κ2) is 12.3. The Labute approximate surface area is 207 Å². The highest BCUT2D eigenvalue weighted by molar-refractivity contribution is 5.89. The molecule has 1 aliphatic carbocycles. The summed E-state index contributed by atoms with van der Waals surface area (Å²) in [5.41, 5.74) is 2.68. The Balaban J connectivity index is 1.63. The largest absolute Gasteiger partial charge is 0.352 e. The monoisotopic (exact) mass is 472 g/mol. The summed E-state index contributed by atoms with van der Waals surface area (Å²) in [5, 5.41) is 3.24. The molecule has 0 bridgehead atoms. The molecule has 3 aromatic carbocycles. The summed E-state index contributed by atoms with van der Waals surface area (Å²) >= 11 is 0. The standard InChI is InChI=1S/C30H33FN2O2/c31-26-18-16-25(17-19-26)22-33(29(34)21-24-12-6-2-7-13-24)28(20-23-10-4-1-5-11-23)30(35)32-27-14-8-3-9-15-27/h1-2,4-7,10-13,16-19,27-28H,3,8-9,14-15,20-22H2,(H,32,35)/t28-/m0/s1. The third-order valence-corrected chi connectivity index (χ3v) is 6.69. The van der Waals surface area contributed by atoms with Crippen molar-refractivity contribution in [1.82, 2.24) is 10.2 Å². The molecule has 1 saturated carbocycles. The SMILES string of the molecule is O=C(NC1CCCCC1)[C@H](Cc1ccccc1)N(Cc1ccc(F)cc1)C(=O)Cc1ccccc1. The van der Waals surface area contributed by atoms with Crippen LogP contribution in [0, 0.1) is 5.82 Å². The van der Waals surface area contributed by atoms with Crippen molar-refractivity contribution in [1.29, 1.82) is 0 Å². The normalized spacial score (nSPS) is 14.8. The number of halogens is 1. The van der Waals surface area contributed by atoms with Gasteiger partial charge in [0.25, 0.3) is 0 Å². The van der Waals surface area contributed by atoms with Gasteiger partial charge in [-0.2, -0.15) is 0 Å². The average molecular weight is 473 g/mol. The van der Waals surface area contributed by atoms with Crippen LogP contribution in [0.25, 0.3) is 0 Å². The van der Waals surface area contributed by atoms with Crippen molar-refractivity contribution < 1.29 is 14.0 Å². The van der Waals surface area contributed by atoms with E-state index < -0.39 is 6.04 Å². The minimum atomic E-state index is -0.666. The highest BCUT2D eigenvalue weighted by Crippen LogP contribution is 2.20. The van der Waals surface area contributed by atoms with Gasteiger partial charge >= 0.3 is 0 Å². The van der Waals surface area contributed by atoms with Crippen molar-refractivity contribution in [2.75, 3.05) is 0 Å². The first-order valence-electron chi connectivity index (χ1n) is 12.5. The molecule has 4 nitrogen and oxygen atoms in total. The summed E-state index contributed by atoms with van der Waals surface area (Å²) in [6, 6.07) is 25.0. The van der Waals surface area contributed by atoms with Crippen LogP contribution >= 0.6 is 0 Å². The van der Waals surface area contributed by atoms with E-state index in [4.69, 9.17) is 0 Å². The maximum Gasteiger partial charge on any atom is 0.243 e. The summed E-state index contributed by atoms with van der Waals surface area (Å²) in [5.74, 6) is -0.573. The van der Waals surface area contributed by atoms with Crippen LogP contribution in [0.1, 0.15) is 48.8 Å². The van der Waals surface area contributed by atoms with E-state index in [1.807, 2.05) is 60.7 Å². The fourth-order valence-corrected chi connectivity index (χ4v) is 4.76. The second-order valence-electron chi connectivity index (χ2n) is 9.36. The molecule has 5 heteroatoms. The highest BCUT2D eigenvalue weighted by Gasteiger charge is 2.31. The zero-order valence-corrected chi connectivity index (χ0v) is 20.0. The number of amides is 2. The summed E-state index contributed by atoms with van der Waals surface area (Å²) in [6.07, 6.45) is 5.98. The molecule has 3 aromatic rings. The summed E-state index contributed by atoms with van der Waals surface area (Å²) in [4.78, 5) is 29.0. The quantitative estimate of drug-likeness (QED) is 0.450. The first kappa shape index (κ1) is 24.6. The van der Waals surface area contributed by atoms with E-state index in [-0.39, 0.29) is 36.6 Å². The smallest absolute Gasteiger partial charge is 0.243 e. The second-order valence-corrected chi connectivity index (χ2v) is 9.36. The van der Waals surface area contributed by atoms with Crippen molar-refractivity contribution in [2.24, 2.45) is 0 Å². The Morgan fingerprint density at radius 3 is 2.03 bits per heavy atom. The van der Waals surface area contributed by atoms with Crippen molar-refractivity contribution in [3.05, 3.63) is 107 Å². The lowest BCUT2D eigenvalue weighted by Gasteiger charge is -2.33. The highest BCUT2D eigenvalue weighted by atomic mass is 19.1. The van der Waals surface area contributed by atoms with E-state index in [9.17, 15) is 14.0 Å². The van der Waals surface area contributed by atoms with Crippen molar-refractivity contribution >= 4 is 11.8 Å². The molecule has 0 spiro atoms. The zero-order valence-electron chi connectivity index (χ0n) is 20.0. The van der Waals surface area contributed by atoms with Crippen molar-refractivity contribution in [2.45, 2.75) is 63.6 Å². The summed E-state index contributed by atoms with van der Waals surface area (Å²) in [6.45, 7) is 0.238. The van der Waals surface area contributed by atoms with Gasteiger partial charge in [0.05, 0.1) is 6.42 Å². The average Bonchev–Trinajstić information content (AvgIpc) is 2.89. The molecule has 2 amide bonds. The molecular formula is C30H33FN2O2. The van der Waals surface area contributed by atoms with Gasteiger partial charge in [-0.1, -0.05) is 92.1 Å². The third-order valence-electron chi connectivity index (χ3n) is 6.69. The molecule has 0 radical (unpaired) electrons. The fraction of sp³-hybridized carbons (Fsp3) is 0.333. The number of hydrogen-bond acceptors (Lipinski definition) is 2. The Kier molecular flexibility index (Phi) is 8.66. The molecule has 0 saturated heterocycles. The van der Waals surface area contributed by atoms with Crippen LogP contribution in [0.5, 0.6) is 0 Å². The van der Waals surface area contributed by atoms with Crippen LogP contribution in [0.2, 0.25) is 0 Å². The number of nitrogens with zero attached hydrogens (tertiary/aromatic N) is 1. The number of carbonyl (C=O) groups excluding carboxylic acids is 2. The van der Waals surface area contributed by atoms with Crippen LogP contribution < -0.4 is 5.32 Å². The lowest BCUT2D eigenvalue weighted by Crippen LogP contribution is -2.53. The molecule has 1 N–H and O–H groups in total. The van der Waals surface area contributed by atoms with Gasteiger partial charge in [-0.05, 0) is 41.7 Å². The molecule has 0 aliphatic heterocycles. The Morgan fingerprint density at radius 2 is 1.40 bits per heavy atom. The first-order chi connectivity index (χ1) is 17.1. The maximum absolute atomic E-state index is 13.7. The van der Waals surface area contributed by atoms with E-state index in [1.54, 1.807) is 17.0 Å². The van der Waals surface area contributed by atoms with Gasteiger partial charge in [0.2, 0.25) is 11.8 Å². The molecule has 1 aliphatic rings. The van der Waals surface area contributed by atoms with Crippen molar-refractivity contribution in [3.63, 3.8) is 0 Å². The number of hydrogen-bond donors (Lipinski definition) is 1. The number of nitrogens with one attached hydrogen (secondary N) is 1. The van der Waals surface area contributed by atoms with Crippen LogP contribution in [-0.4, -0.2) is 28.8 Å². The molecule has 182 valence electrons. The van der Waals surface area contributed by atoms with Crippen LogP contribution in [0.15, 0.2) is 84.9 Å². The van der Waals surface area contributed by atoms with Gasteiger partial charge in [0, 0.05) is 19.0 Å². The van der Waals surface area contributed by atoms with Crippen LogP contribution in [-0.2, 0) is 29.0 Å². The summed E-state index contributed by atoms with van der Waals surface area (Å²) in [7, 11) is 0. The van der Waals surface area contributed by atoms with E-state index in [0.29, 0.717) is 6.42 Å². The van der Waals surface area contributed by atoms with E-state index >= 15 is 0 Å². The minimum absolute atomic E-state index is 0.121. The van der Waals surface area contributed by atoms with Gasteiger partial charge in [0.15, 0.2) is 0 Å². The molecule has 35 heavy (non-hydrogen) atoms. The van der Waals surface area contributed by atoms with Gasteiger partial charge in [-0.15, -0.1) is 0 Å². The Morgan fingerprint density at radius 1 is 0.800 bits per heavy atom. The molecule has 0 heterocycles.